The first kappa shape index (κ1) is 22.6. The van der Waals surface area contributed by atoms with Crippen molar-refractivity contribution in [3.05, 3.63) is 63.5 Å². The van der Waals surface area contributed by atoms with Crippen molar-refractivity contribution < 1.29 is 14.3 Å². The van der Waals surface area contributed by atoms with Crippen LogP contribution < -0.4 is 0 Å². The molecule has 1 aliphatic carbocycles. The Kier molecular flexibility index (Phi) is 7.12. The lowest BCUT2D eigenvalue weighted by Crippen LogP contribution is -2.15. The summed E-state index contributed by atoms with van der Waals surface area (Å²) >= 11 is 0. The minimum atomic E-state index is -0.774. The molecule has 0 N–H and O–H groups in total. The van der Waals surface area contributed by atoms with Gasteiger partial charge in [0.25, 0.3) is 0 Å². The standard InChI is InChI=1S/C26H30N2O3/c1-17(2)10-11-28-18(3)12-23(19(28)4)14-24(15-27)26(30)31-16-25(29)22-9-8-20-6-5-7-21(20)13-22/h8-9,12-14,17H,5-7,10-11,16H2,1-4H3/b24-14+. The van der Waals surface area contributed by atoms with Gasteiger partial charge in [-0.05, 0) is 80.3 Å². The first-order valence-corrected chi connectivity index (χ1v) is 10.9. The van der Waals surface area contributed by atoms with E-state index in [1.54, 1.807) is 12.1 Å². The first-order valence-electron chi connectivity index (χ1n) is 10.9. The van der Waals surface area contributed by atoms with Crippen LogP contribution in [0.3, 0.4) is 0 Å². The van der Waals surface area contributed by atoms with Crippen molar-refractivity contribution in [1.29, 1.82) is 5.26 Å². The Balaban J connectivity index is 1.67. The predicted molar refractivity (Wildman–Crippen MR) is 121 cm³/mol. The lowest BCUT2D eigenvalue weighted by atomic mass is 10.0. The van der Waals surface area contributed by atoms with Gasteiger partial charge in [-0.3, -0.25) is 4.79 Å². The highest BCUT2D eigenvalue weighted by Crippen LogP contribution is 2.23. The van der Waals surface area contributed by atoms with Crippen molar-refractivity contribution in [1.82, 2.24) is 4.57 Å². The fourth-order valence-corrected chi connectivity index (χ4v) is 4.04. The van der Waals surface area contributed by atoms with E-state index in [2.05, 4.69) is 18.4 Å². The molecule has 1 heterocycles. The number of nitrogens with zero attached hydrogens (tertiary/aromatic N) is 2. The summed E-state index contributed by atoms with van der Waals surface area (Å²) in [5.74, 6) is -0.441. The van der Waals surface area contributed by atoms with Crippen molar-refractivity contribution >= 4 is 17.8 Å². The number of esters is 1. The Labute approximate surface area is 184 Å². The monoisotopic (exact) mass is 418 g/mol. The van der Waals surface area contributed by atoms with E-state index in [9.17, 15) is 14.9 Å². The van der Waals surface area contributed by atoms with Crippen LogP contribution >= 0.6 is 0 Å². The van der Waals surface area contributed by atoms with Gasteiger partial charge in [0.15, 0.2) is 12.4 Å². The number of rotatable bonds is 8. The number of nitriles is 1. The number of benzene rings is 1. The number of aryl methyl sites for hydroxylation is 3. The van der Waals surface area contributed by atoms with E-state index in [4.69, 9.17) is 4.74 Å². The highest BCUT2D eigenvalue weighted by molar-refractivity contribution is 6.02. The lowest BCUT2D eigenvalue weighted by molar-refractivity contribution is -0.137. The Morgan fingerprint density at radius 2 is 1.94 bits per heavy atom. The number of carbonyl (C=O) groups is 2. The molecule has 31 heavy (non-hydrogen) atoms. The van der Waals surface area contributed by atoms with E-state index < -0.39 is 5.97 Å². The number of carbonyl (C=O) groups excluding carboxylic acids is 2. The van der Waals surface area contributed by atoms with E-state index in [0.717, 1.165) is 49.2 Å². The van der Waals surface area contributed by atoms with Crippen molar-refractivity contribution in [2.45, 2.75) is 59.9 Å². The highest BCUT2D eigenvalue weighted by atomic mass is 16.5. The molecule has 2 aromatic rings. The molecule has 0 fully saturated rings. The summed E-state index contributed by atoms with van der Waals surface area (Å²) in [5, 5.41) is 9.48. The van der Waals surface area contributed by atoms with E-state index in [-0.39, 0.29) is 18.0 Å². The molecular weight excluding hydrogens is 388 g/mol. The molecule has 0 amide bonds. The Hall–Kier alpha value is -3.13. The van der Waals surface area contributed by atoms with Crippen molar-refractivity contribution in [2.75, 3.05) is 6.61 Å². The summed E-state index contributed by atoms with van der Waals surface area (Å²) in [4.78, 5) is 24.9. The molecule has 5 nitrogen and oxygen atoms in total. The molecule has 0 bridgehead atoms. The summed E-state index contributed by atoms with van der Waals surface area (Å²) in [6, 6.07) is 9.55. The summed E-state index contributed by atoms with van der Waals surface area (Å²) in [6.45, 7) is 8.89. The summed E-state index contributed by atoms with van der Waals surface area (Å²) < 4.78 is 7.37. The minimum Gasteiger partial charge on any atom is -0.453 e. The lowest BCUT2D eigenvalue weighted by Gasteiger charge is -2.11. The predicted octanol–water partition coefficient (Wildman–Crippen LogP) is 4.97. The van der Waals surface area contributed by atoms with Crippen LogP contribution in [-0.2, 0) is 28.9 Å². The van der Waals surface area contributed by atoms with Gasteiger partial charge in [0.05, 0.1) is 0 Å². The van der Waals surface area contributed by atoms with Gasteiger partial charge in [0.2, 0.25) is 0 Å². The zero-order valence-electron chi connectivity index (χ0n) is 18.8. The maximum absolute atomic E-state index is 12.5. The van der Waals surface area contributed by atoms with Crippen LogP contribution in [0.2, 0.25) is 0 Å². The largest absolute Gasteiger partial charge is 0.453 e. The Morgan fingerprint density at radius 3 is 2.65 bits per heavy atom. The number of fused-ring (bicyclic) bond motifs is 1. The van der Waals surface area contributed by atoms with Gasteiger partial charge in [-0.1, -0.05) is 26.0 Å². The van der Waals surface area contributed by atoms with Gasteiger partial charge in [0, 0.05) is 23.5 Å². The number of ketones is 1. The molecule has 0 saturated heterocycles. The maximum atomic E-state index is 12.5. The molecule has 0 aliphatic heterocycles. The van der Waals surface area contributed by atoms with Crippen LogP contribution in [0.5, 0.6) is 0 Å². The molecule has 1 aromatic carbocycles. The van der Waals surface area contributed by atoms with Crippen LogP contribution in [0.25, 0.3) is 6.08 Å². The average molecular weight is 419 g/mol. The minimum absolute atomic E-state index is 0.106. The SMILES string of the molecule is Cc1cc(/C=C(\C#N)C(=O)OCC(=O)c2ccc3c(c2)CCC3)c(C)n1CCC(C)C. The molecule has 0 atom stereocenters. The molecule has 162 valence electrons. The normalized spacial score (nSPS) is 13.2. The number of Topliss-reactive ketones (excluding diaryl/α,β-unsaturated/α-hetero) is 1. The topological polar surface area (TPSA) is 72.1 Å². The number of hydrogen-bond acceptors (Lipinski definition) is 4. The first-order chi connectivity index (χ1) is 14.8. The molecule has 1 aromatic heterocycles. The number of hydrogen-bond donors (Lipinski definition) is 0. The second-order valence-corrected chi connectivity index (χ2v) is 8.67. The molecule has 3 rings (SSSR count). The van der Waals surface area contributed by atoms with E-state index in [1.807, 2.05) is 38.1 Å². The third kappa shape index (κ3) is 5.32. The number of ether oxygens (including phenoxy) is 1. The fourth-order valence-electron chi connectivity index (χ4n) is 4.04. The zero-order chi connectivity index (χ0) is 22.5. The van der Waals surface area contributed by atoms with Crippen LogP contribution in [0.4, 0.5) is 0 Å². The molecule has 0 saturated carbocycles. The third-order valence-corrected chi connectivity index (χ3v) is 5.94. The van der Waals surface area contributed by atoms with Crippen LogP contribution in [0.15, 0.2) is 29.8 Å². The second kappa shape index (κ2) is 9.78. The van der Waals surface area contributed by atoms with Crippen LogP contribution in [0.1, 0.15) is 65.1 Å². The fraction of sp³-hybridized carbons (Fsp3) is 0.423. The van der Waals surface area contributed by atoms with Gasteiger partial charge >= 0.3 is 5.97 Å². The van der Waals surface area contributed by atoms with Crippen molar-refractivity contribution in [3.8, 4) is 6.07 Å². The Morgan fingerprint density at radius 1 is 1.19 bits per heavy atom. The molecule has 0 unspecified atom stereocenters. The Bertz CT molecular complexity index is 1070. The molecule has 1 aliphatic rings. The van der Waals surface area contributed by atoms with Gasteiger partial charge in [-0.25, -0.2) is 4.79 Å². The van der Waals surface area contributed by atoms with Gasteiger partial charge < -0.3 is 9.30 Å². The van der Waals surface area contributed by atoms with Crippen molar-refractivity contribution in [2.24, 2.45) is 5.92 Å². The zero-order valence-corrected chi connectivity index (χ0v) is 18.8. The van der Waals surface area contributed by atoms with Crippen LogP contribution in [-0.4, -0.2) is 22.9 Å². The summed E-state index contributed by atoms with van der Waals surface area (Å²) in [5.41, 5.74) is 5.84. The average Bonchev–Trinajstić information content (AvgIpc) is 3.31. The maximum Gasteiger partial charge on any atom is 0.349 e. The summed E-state index contributed by atoms with van der Waals surface area (Å²) in [7, 11) is 0. The van der Waals surface area contributed by atoms with Gasteiger partial charge in [-0.2, -0.15) is 5.26 Å². The van der Waals surface area contributed by atoms with E-state index >= 15 is 0 Å². The highest BCUT2D eigenvalue weighted by Gasteiger charge is 2.18. The second-order valence-electron chi connectivity index (χ2n) is 8.67. The molecular formula is C26H30N2O3. The molecule has 0 spiro atoms. The molecule has 5 heteroatoms. The summed E-state index contributed by atoms with van der Waals surface area (Å²) in [6.07, 6.45) is 5.74. The van der Waals surface area contributed by atoms with Gasteiger partial charge in [0.1, 0.15) is 11.6 Å². The van der Waals surface area contributed by atoms with E-state index in [0.29, 0.717) is 11.5 Å². The van der Waals surface area contributed by atoms with Crippen molar-refractivity contribution in [3.63, 3.8) is 0 Å². The van der Waals surface area contributed by atoms with Gasteiger partial charge in [-0.15, -0.1) is 0 Å². The number of aromatic nitrogens is 1. The third-order valence-electron chi connectivity index (χ3n) is 5.94. The molecule has 0 radical (unpaired) electrons. The smallest absolute Gasteiger partial charge is 0.349 e. The quantitative estimate of drug-likeness (QED) is 0.262. The van der Waals surface area contributed by atoms with Crippen LogP contribution in [0, 0.1) is 31.1 Å². The van der Waals surface area contributed by atoms with E-state index in [1.165, 1.54) is 11.1 Å².